The third kappa shape index (κ3) is 13.2. The molecule has 2 amide bonds. The second-order valence-corrected chi connectivity index (χ2v) is 23.1. The molecule has 3 N–H and O–H groups in total. The lowest BCUT2D eigenvalue weighted by atomic mass is 9.83. The van der Waals surface area contributed by atoms with Gasteiger partial charge in [-0.2, -0.15) is 0 Å². The summed E-state index contributed by atoms with van der Waals surface area (Å²) in [6, 6.07) is 37.2. The number of aliphatic carboxylic acids is 1. The van der Waals surface area contributed by atoms with Crippen LogP contribution < -0.4 is 29.8 Å². The summed E-state index contributed by atoms with van der Waals surface area (Å²) in [7, 11) is 0. The Labute approximate surface area is 536 Å². The van der Waals surface area contributed by atoms with Gasteiger partial charge in [0.2, 0.25) is 11.8 Å². The Balaban J connectivity index is 0.000000185. The van der Waals surface area contributed by atoms with Gasteiger partial charge < -0.3 is 57.6 Å². The number of aliphatic hydroxyl groups is 2. The number of carboxylic acid groups (broad SMARTS) is 1. The van der Waals surface area contributed by atoms with E-state index in [1.54, 1.807) is 92.7 Å². The molecule has 0 spiro atoms. The molecule has 6 atom stereocenters. The van der Waals surface area contributed by atoms with Gasteiger partial charge in [0.05, 0.1) is 36.1 Å². The van der Waals surface area contributed by atoms with Crippen molar-refractivity contribution in [2.24, 2.45) is 17.0 Å². The minimum atomic E-state index is -1.16. The Morgan fingerprint density at radius 3 is 1.53 bits per heavy atom. The number of β-lactam (4-membered cyclic amide) rings is 2. The molecule has 2 saturated heterocycles. The zero-order valence-electron chi connectivity index (χ0n) is 51.2. The van der Waals surface area contributed by atoms with Gasteiger partial charge in [-0.1, -0.05) is 53.7 Å². The average molecular weight is 1270 g/mol. The maximum absolute atomic E-state index is 13.3. The highest BCUT2D eigenvalue weighted by molar-refractivity contribution is 6.01. The van der Waals surface area contributed by atoms with Crippen molar-refractivity contribution in [3.05, 3.63) is 239 Å². The van der Waals surface area contributed by atoms with Crippen LogP contribution in [0.15, 0.2) is 204 Å². The summed E-state index contributed by atoms with van der Waals surface area (Å²) < 4.78 is 41.2. The summed E-state index contributed by atoms with van der Waals surface area (Å²) in [4.78, 5) is 88.3. The van der Waals surface area contributed by atoms with Crippen molar-refractivity contribution in [2.45, 2.75) is 84.6 Å². The number of rotatable bonds is 21. The van der Waals surface area contributed by atoms with E-state index in [2.05, 4.69) is 20.0 Å². The molecule has 2 fully saturated rings. The highest BCUT2D eigenvalue weighted by Crippen LogP contribution is 2.46. The molecule has 6 aliphatic heterocycles. The van der Waals surface area contributed by atoms with Crippen molar-refractivity contribution in [1.29, 1.82) is 0 Å². The molecule has 94 heavy (non-hydrogen) atoms. The zero-order chi connectivity index (χ0) is 65.9. The Bertz CT molecular complexity index is 4710. The molecule has 23 heteroatoms. The van der Waals surface area contributed by atoms with Crippen molar-refractivity contribution in [3.63, 3.8) is 0 Å². The minimum absolute atomic E-state index is 0.0278. The maximum atomic E-state index is 13.3. The first-order chi connectivity index (χ1) is 45.4. The van der Waals surface area contributed by atoms with Gasteiger partial charge in [0, 0.05) is 34.9 Å². The molecule has 13 rings (SSSR count). The molecular formula is C71H61N7O16. The number of benzene rings is 7. The fourth-order valence-electron chi connectivity index (χ4n) is 12.1. The smallest absolute Gasteiger partial charge is 0.355 e. The number of carbonyl (C=O) groups is 4. The van der Waals surface area contributed by atoms with Crippen LogP contribution in [-0.4, -0.2) is 96.3 Å². The van der Waals surface area contributed by atoms with Crippen LogP contribution in [0, 0.1) is 25.7 Å². The van der Waals surface area contributed by atoms with Crippen molar-refractivity contribution >= 4 is 51.6 Å². The summed E-state index contributed by atoms with van der Waals surface area (Å²) >= 11 is 0. The maximum Gasteiger partial charge on any atom is 0.355 e. The molecule has 476 valence electrons. The van der Waals surface area contributed by atoms with E-state index >= 15 is 0 Å². The summed E-state index contributed by atoms with van der Waals surface area (Å²) in [6.45, 7) is 7.97. The number of nitrogens with zero attached hydrogens (tertiary/aromatic N) is 7. The minimum Gasteiger partial charge on any atom is -0.489 e. The number of azide groups is 1. The Morgan fingerprint density at radius 1 is 0.606 bits per heavy atom. The number of fused-ring (bicyclic) bond motifs is 6. The van der Waals surface area contributed by atoms with Crippen LogP contribution in [0.3, 0.4) is 0 Å². The van der Waals surface area contributed by atoms with Crippen LogP contribution in [-0.2, 0) is 43.7 Å². The van der Waals surface area contributed by atoms with Gasteiger partial charge in [0.25, 0.3) is 0 Å². The van der Waals surface area contributed by atoms with E-state index < -0.39 is 36.0 Å². The number of hydrogen-bond acceptors (Lipinski definition) is 18. The quantitative estimate of drug-likeness (QED) is 0.0150. The second-order valence-electron chi connectivity index (χ2n) is 23.1. The molecule has 6 heterocycles. The van der Waals surface area contributed by atoms with Crippen molar-refractivity contribution < 1.29 is 67.0 Å². The van der Waals surface area contributed by atoms with Gasteiger partial charge in [-0.25, -0.2) is 19.6 Å². The van der Waals surface area contributed by atoms with E-state index in [1.807, 2.05) is 68.4 Å². The van der Waals surface area contributed by atoms with E-state index in [9.17, 15) is 44.1 Å². The molecule has 0 bridgehead atoms. The molecule has 5 aromatic carbocycles. The lowest BCUT2D eigenvalue weighted by Crippen LogP contribution is -2.61. The van der Waals surface area contributed by atoms with Crippen LogP contribution in [0.4, 0.5) is 5.69 Å². The van der Waals surface area contributed by atoms with Crippen LogP contribution in [0.5, 0.6) is 23.0 Å². The lowest BCUT2D eigenvalue weighted by molar-refractivity contribution is -0.162. The van der Waals surface area contributed by atoms with E-state index in [-0.39, 0.29) is 66.0 Å². The lowest BCUT2D eigenvalue weighted by Gasteiger charge is -2.44. The summed E-state index contributed by atoms with van der Waals surface area (Å²) in [5, 5.41) is 33.3. The predicted molar refractivity (Wildman–Crippen MR) is 342 cm³/mol. The largest absolute Gasteiger partial charge is 0.489 e. The highest BCUT2D eigenvalue weighted by Gasteiger charge is 2.57. The summed E-state index contributed by atoms with van der Waals surface area (Å²) in [5.41, 5.74) is 17.9. The van der Waals surface area contributed by atoms with Gasteiger partial charge in [-0.05, 0) is 170 Å². The van der Waals surface area contributed by atoms with E-state index in [1.165, 1.54) is 34.1 Å². The Kier molecular flexibility index (Phi) is 17.9. The molecule has 0 aromatic heterocycles. The number of carboxylic acids is 1. The SMILES string of the molecule is Cc1cc(COc2ccc3nc4ccc(=O)cc-4oc3c2)ccc1OC/C=C/C1=C(C(=O)O)N2C(=O)[C@H]([C@@H](C)O)[C@H]2C1.Cc1cc(COc2ccc3nc4ccc(=O)cc-4oc3c2)ccc1OC/C=C/C1=C(C(=O)OCc2ccc(N=[N+]=[N-])cc2)N2C(=O)[C@H]([C@@H](C)O)[C@H]2C1. The van der Waals surface area contributed by atoms with Gasteiger partial charge in [0.1, 0.15) is 89.8 Å². The number of aromatic nitrogens is 2. The first-order valence-corrected chi connectivity index (χ1v) is 30.1. The number of aryl methyl sites for hydroxylation is 2. The van der Waals surface area contributed by atoms with Gasteiger partial charge >= 0.3 is 11.9 Å². The predicted octanol–water partition coefficient (Wildman–Crippen LogP) is 10.7. The molecule has 0 unspecified atom stereocenters. The van der Waals surface area contributed by atoms with Crippen LogP contribution >= 0.6 is 0 Å². The third-order valence-corrected chi connectivity index (χ3v) is 16.6. The number of esters is 1. The van der Waals surface area contributed by atoms with Gasteiger partial charge in [-0.3, -0.25) is 19.2 Å². The number of carbonyl (C=O) groups excluding carboxylic acids is 3. The number of amides is 2. The standard InChI is InChI=1S/C39H33N5O8.C32H28N2O8/c1-22-16-25(21-50-29-11-13-31-35(19-29)52-34-18-28(46)10-12-30(34)41-31)7-14-33(22)49-15-3-4-26-17-32-36(23(2)45)38(47)44(32)37(26)39(48)51-20-24-5-8-27(9-6-24)42-43-40;1-17-12-19(16-41-22-7-9-24-28(15-22)42-27-14-21(36)6-8-23(27)33-24)5-10-26(17)40-11-3-4-20-13-25-29(18(2)35)31(37)34(25)30(20)32(38)39/h3-14,16,18-19,23,32,36,45H,15,17,20-21H2,1-2H3;3-10,12,14-15,18,25,29,35H,11,13,16H2,1-2H3,(H,38,39)/b2*4-3+/t23-,32-,36-;18-,25-,29-/m11/s1. The van der Waals surface area contributed by atoms with Gasteiger partial charge in [-0.15, -0.1) is 0 Å². The monoisotopic (exact) mass is 1270 g/mol. The van der Waals surface area contributed by atoms with Crippen molar-refractivity contribution in [1.82, 2.24) is 19.8 Å². The van der Waals surface area contributed by atoms with Crippen molar-refractivity contribution in [2.75, 3.05) is 13.2 Å². The first kappa shape index (κ1) is 62.8. The van der Waals surface area contributed by atoms with Crippen LogP contribution in [0.2, 0.25) is 0 Å². The average Bonchev–Trinajstić information content (AvgIpc) is 1.57. The molecule has 2 aliphatic carbocycles. The molecular weight excluding hydrogens is 1210 g/mol. The van der Waals surface area contributed by atoms with Crippen LogP contribution in [0.25, 0.3) is 55.6 Å². The topological polar surface area (TPSA) is 317 Å². The Hall–Kier alpha value is -11.4. The second kappa shape index (κ2) is 26.8. The molecule has 5 aromatic rings. The summed E-state index contributed by atoms with van der Waals surface area (Å²) in [6.07, 6.45) is 6.06. The van der Waals surface area contributed by atoms with E-state index in [4.69, 9.17) is 38.0 Å². The third-order valence-electron chi connectivity index (χ3n) is 16.6. The fourth-order valence-corrected chi connectivity index (χ4v) is 12.1. The number of aliphatic hydroxyl groups excluding tert-OH is 2. The number of ether oxygens (including phenoxy) is 5. The number of hydrogen-bond donors (Lipinski definition) is 3. The van der Waals surface area contributed by atoms with E-state index in [0.717, 1.165) is 22.3 Å². The fraction of sp³-hybridized carbons (Fsp3) is 0.239. The molecule has 8 aliphatic rings. The normalized spacial score (nSPS) is 18.0. The van der Waals surface area contributed by atoms with E-state index in [0.29, 0.717) is 117 Å². The number of allylic oxidation sites excluding steroid dienone is 2. The van der Waals surface area contributed by atoms with Crippen molar-refractivity contribution in [3.8, 4) is 45.9 Å². The molecule has 0 saturated carbocycles. The summed E-state index contributed by atoms with van der Waals surface area (Å²) in [5.74, 6) is -0.272. The van der Waals surface area contributed by atoms with Crippen LogP contribution in [0.1, 0.15) is 54.5 Å². The zero-order valence-corrected chi connectivity index (χ0v) is 51.2. The Morgan fingerprint density at radius 2 is 1.07 bits per heavy atom. The molecule has 23 nitrogen and oxygen atoms in total. The molecule has 0 radical (unpaired) electrons. The van der Waals surface area contributed by atoms with Gasteiger partial charge in [0.15, 0.2) is 33.5 Å². The highest BCUT2D eigenvalue weighted by atomic mass is 16.5. The first-order valence-electron chi connectivity index (χ1n) is 30.1.